The highest BCUT2D eigenvalue weighted by Gasteiger charge is 2.23. The summed E-state index contributed by atoms with van der Waals surface area (Å²) in [7, 11) is 0. The Morgan fingerprint density at radius 2 is 2.25 bits per heavy atom. The highest BCUT2D eigenvalue weighted by atomic mass is 32.2. The fourth-order valence-electron chi connectivity index (χ4n) is 2.71. The van der Waals surface area contributed by atoms with E-state index in [9.17, 15) is 0 Å². The average Bonchev–Trinajstić information content (AvgIpc) is 2.89. The van der Waals surface area contributed by atoms with Crippen LogP contribution in [0.4, 0.5) is 0 Å². The van der Waals surface area contributed by atoms with Crippen molar-refractivity contribution in [2.45, 2.75) is 42.8 Å². The van der Waals surface area contributed by atoms with Gasteiger partial charge >= 0.3 is 0 Å². The minimum absolute atomic E-state index is 0.493. The molecular weight excluding hydrogens is 284 g/mol. The summed E-state index contributed by atoms with van der Waals surface area (Å²) in [6.45, 7) is 2.90. The summed E-state index contributed by atoms with van der Waals surface area (Å²) in [6, 6.07) is 8.55. The molecule has 0 aliphatic heterocycles. The Balaban J connectivity index is 1.73. The molecule has 2 N–H and O–H groups in total. The topological polar surface area (TPSA) is 38.9 Å². The van der Waals surface area contributed by atoms with Gasteiger partial charge in [0.05, 0.1) is 11.4 Å². The second-order valence-corrected chi connectivity index (χ2v) is 7.48. The average molecular weight is 304 g/mol. The van der Waals surface area contributed by atoms with Crippen molar-refractivity contribution in [3.05, 3.63) is 45.4 Å². The van der Waals surface area contributed by atoms with Gasteiger partial charge in [-0.2, -0.15) is 0 Å². The molecule has 3 rings (SSSR count). The van der Waals surface area contributed by atoms with Crippen molar-refractivity contribution in [3.63, 3.8) is 0 Å². The van der Waals surface area contributed by atoms with E-state index in [0.717, 1.165) is 12.3 Å². The van der Waals surface area contributed by atoms with Gasteiger partial charge in [-0.1, -0.05) is 18.2 Å². The molecular formula is C16H20N2S2. The second-order valence-electron chi connectivity index (χ2n) is 5.30. The first kappa shape index (κ1) is 14.1. The lowest BCUT2D eigenvalue weighted by molar-refractivity contribution is 0.553. The van der Waals surface area contributed by atoms with Gasteiger partial charge < -0.3 is 5.73 Å². The monoisotopic (exact) mass is 304 g/mol. The number of thioether (sulfide) groups is 1. The van der Waals surface area contributed by atoms with Gasteiger partial charge in [0.15, 0.2) is 0 Å². The minimum atomic E-state index is 0.493. The van der Waals surface area contributed by atoms with Crippen LogP contribution in [-0.2, 0) is 12.2 Å². The zero-order valence-electron chi connectivity index (χ0n) is 11.8. The van der Waals surface area contributed by atoms with Crippen molar-refractivity contribution >= 4 is 23.1 Å². The smallest absolute Gasteiger partial charge is 0.103 e. The Kier molecular flexibility index (Phi) is 4.44. The van der Waals surface area contributed by atoms with Gasteiger partial charge in [0.1, 0.15) is 5.01 Å². The van der Waals surface area contributed by atoms with E-state index in [2.05, 4.69) is 31.2 Å². The van der Waals surface area contributed by atoms with Gasteiger partial charge in [-0.15, -0.1) is 23.1 Å². The molecule has 1 aromatic heterocycles. The third-order valence-electron chi connectivity index (χ3n) is 3.84. The normalized spacial score (nSPS) is 18.0. The van der Waals surface area contributed by atoms with E-state index in [-0.39, 0.29) is 0 Å². The molecule has 0 amide bonds. The molecule has 20 heavy (non-hydrogen) atoms. The molecule has 1 aromatic carbocycles. The van der Waals surface area contributed by atoms with Crippen LogP contribution in [0.1, 0.15) is 39.9 Å². The third-order valence-corrected chi connectivity index (χ3v) is 6.34. The Labute approximate surface area is 128 Å². The molecule has 1 aliphatic carbocycles. The predicted molar refractivity (Wildman–Crippen MR) is 87.6 cm³/mol. The number of nitrogens with two attached hydrogens (primary N) is 1. The maximum absolute atomic E-state index is 5.87. The van der Waals surface area contributed by atoms with E-state index in [4.69, 9.17) is 10.7 Å². The number of aromatic nitrogens is 1. The van der Waals surface area contributed by atoms with E-state index in [1.165, 1.54) is 45.3 Å². The number of thiazole rings is 1. The van der Waals surface area contributed by atoms with Gasteiger partial charge in [0.25, 0.3) is 0 Å². The van der Waals surface area contributed by atoms with Crippen molar-refractivity contribution in [3.8, 4) is 0 Å². The molecule has 0 radical (unpaired) electrons. The molecule has 0 saturated carbocycles. The minimum Gasteiger partial charge on any atom is -0.330 e. The summed E-state index contributed by atoms with van der Waals surface area (Å²) < 4.78 is 0. The lowest BCUT2D eigenvalue weighted by Crippen LogP contribution is -2.17. The van der Waals surface area contributed by atoms with E-state index >= 15 is 0 Å². The van der Waals surface area contributed by atoms with Crippen LogP contribution in [0.25, 0.3) is 0 Å². The Hall–Kier alpha value is -0.840. The lowest BCUT2D eigenvalue weighted by Gasteiger charge is -2.18. The van der Waals surface area contributed by atoms with E-state index < -0.39 is 0 Å². The molecule has 1 unspecified atom stereocenters. The first-order valence-electron chi connectivity index (χ1n) is 7.15. The molecule has 0 bridgehead atoms. The standard InChI is InChI=1S/C16H20N2S2/c1-11-5-2-3-7-13(11)19-10-15-18-16-12(9-17)6-4-8-14(16)20-15/h2-3,5,7,12H,4,6,8-10,17H2,1H3. The highest BCUT2D eigenvalue weighted by Crippen LogP contribution is 2.36. The second kappa shape index (κ2) is 6.29. The number of nitrogens with zero attached hydrogens (tertiary/aromatic N) is 1. The zero-order valence-corrected chi connectivity index (χ0v) is 13.4. The first-order chi connectivity index (χ1) is 9.78. The largest absolute Gasteiger partial charge is 0.330 e. The van der Waals surface area contributed by atoms with Gasteiger partial charge in [-0.25, -0.2) is 4.98 Å². The Morgan fingerprint density at radius 1 is 1.40 bits per heavy atom. The van der Waals surface area contributed by atoms with Crippen LogP contribution in [0, 0.1) is 6.92 Å². The molecule has 1 atom stereocenters. The quantitative estimate of drug-likeness (QED) is 0.864. The van der Waals surface area contributed by atoms with Crippen LogP contribution in [-0.4, -0.2) is 11.5 Å². The Morgan fingerprint density at radius 3 is 3.05 bits per heavy atom. The summed E-state index contributed by atoms with van der Waals surface area (Å²) in [5.74, 6) is 1.46. The zero-order chi connectivity index (χ0) is 13.9. The lowest BCUT2D eigenvalue weighted by atomic mass is 9.91. The Bertz CT molecular complexity index is 592. The number of fused-ring (bicyclic) bond motifs is 1. The molecule has 0 saturated heterocycles. The van der Waals surface area contributed by atoms with Gasteiger partial charge in [0, 0.05) is 22.2 Å². The van der Waals surface area contributed by atoms with Crippen LogP contribution >= 0.6 is 23.1 Å². The summed E-state index contributed by atoms with van der Waals surface area (Å²) in [6.07, 6.45) is 3.66. The van der Waals surface area contributed by atoms with Crippen molar-refractivity contribution in [2.24, 2.45) is 5.73 Å². The summed E-state index contributed by atoms with van der Waals surface area (Å²) >= 11 is 3.78. The molecule has 2 nitrogen and oxygen atoms in total. The van der Waals surface area contributed by atoms with Gasteiger partial charge in [-0.3, -0.25) is 0 Å². The third kappa shape index (κ3) is 2.92. The molecule has 0 fully saturated rings. The van der Waals surface area contributed by atoms with Crippen LogP contribution in [0.15, 0.2) is 29.2 Å². The number of hydrogen-bond donors (Lipinski definition) is 1. The summed E-state index contributed by atoms with van der Waals surface area (Å²) in [5, 5.41) is 1.25. The van der Waals surface area contributed by atoms with Crippen molar-refractivity contribution < 1.29 is 0 Å². The van der Waals surface area contributed by atoms with Gasteiger partial charge in [-0.05, 0) is 37.8 Å². The molecule has 1 aliphatic rings. The number of hydrogen-bond acceptors (Lipinski definition) is 4. The van der Waals surface area contributed by atoms with Crippen LogP contribution in [0.3, 0.4) is 0 Å². The maximum Gasteiger partial charge on any atom is 0.103 e. The number of rotatable bonds is 4. The SMILES string of the molecule is Cc1ccccc1SCc1nc2c(s1)CCCC2CN. The summed E-state index contributed by atoms with van der Waals surface area (Å²) in [5.41, 5.74) is 8.51. The van der Waals surface area contributed by atoms with E-state index in [0.29, 0.717) is 5.92 Å². The van der Waals surface area contributed by atoms with Gasteiger partial charge in [0.2, 0.25) is 0 Å². The molecule has 0 spiro atoms. The van der Waals surface area contributed by atoms with Crippen molar-refractivity contribution in [1.29, 1.82) is 0 Å². The first-order valence-corrected chi connectivity index (χ1v) is 8.95. The maximum atomic E-state index is 5.87. The van der Waals surface area contributed by atoms with E-state index in [1.54, 1.807) is 0 Å². The fourth-order valence-corrected chi connectivity index (χ4v) is 4.93. The molecule has 1 heterocycles. The molecule has 4 heteroatoms. The van der Waals surface area contributed by atoms with Crippen molar-refractivity contribution in [2.75, 3.05) is 6.54 Å². The number of benzene rings is 1. The highest BCUT2D eigenvalue weighted by molar-refractivity contribution is 7.98. The van der Waals surface area contributed by atoms with Crippen LogP contribution in [0.2, 0.25) is 0 Å². The van der Waals surface area contributed by atoms with Crippen molar-refractivity contribution in [1.82, 2.24) is 4.98 Å². The molecule has 106 valence electrons. The van der Waals surface area contributed by atoms with Crippen LogP contribution in [0.5, 0.6) is 0 Å². The van der Waals surface area contributed by atoms with Crippen LogP contribution < -0.4 is 5.73 Å². The number of aryl methyl sites for hydroxylation is 2. The van der Waals surface area contributed by atoms with E-state index in [1.807, 2.05) is 23.1 Å². The summed E-state index contributed by atoms with van der Waals surface area (Å²) in [4.78, 5) is 7.70. The predicted octanol–water partition coefficient (Wildman–Crippen LogP) is 4.12. The fraction of sp³-hybridized carbons (Fsp3) is 0.438. The molecule has 2 aromatic rings.